The predicted molar refractivity (Wildman–Crippen MR) is 94.9 cm³/mol. The summed E-state index contributed by atoms with van der Waals surface area (Å²) in [6.07, 6.45) is 1.65. The van der Waals surface area contributed by atoms with Crippen molar-refractivity contribution >= 4 is 29.1 Å². The van der Waals surface area contributed by atoms with Crippen LogP contribution in [0, 0.1) is 5.92 Å². The Morgan fingerprint density at radius 2 is 2.19 bits per heavy atom. The lowest BCUT2D eigenvalue weighted by molar-refractivity contribution is -0.121. The van der Waals surface area contributed by atoms with Crippen LogP contribution in [-0.2, 0) is 9.53 Å². The number of oxazole rings is 1. The summed E-state index contributed by atoms with van der Waals surface area (Å²) in [5, 5.41) is 2.93. The average molecular weight is 358 g/mol. The summed E-state index contributed by atoms with van der Waals surface area (Å²) in [6, 6.07) is 8.37. The second kappa shape index (κ2) is 7.23. The number of carbonyl (C=O) groups is 2. The van der Waals surface area contributed by atoms with Crippen LogP contribution in [0.25, 0.3) is 11.1 Å². The number of carbonyl (C=O) groups excluding carboxylic acids is 2. The second-order valence-corrected chi connectivity index (χ2v) is 6.76. The summed E-state index contributed by atoms with van der Waals surface area (Å²) in [5.41, 5.74) is 1.64. The SMILES string of the molecule is O=C(CN1CCOC1=O)NCC1CCCN(c2nc3ccccc3o2)C1. The van der Waals surface area contributed by atoms with E-state index in [1.807, 2.05) is 24.3 Å². The Morgan fingerprint density at radius 3 is 3.00 bits per heavy atom. The van der Waals surface area contributed by atoms with Crippen molar-refractivity contribution in [2.24, 2.45) is 5.92 Å². The van der Waals surface area contributed by atoms with Gasteiger partial charge >= 0.3 is 6.09 Å². The van der Waals surface area contributed by atoms with Crippen LogP contribution in [0.1, 0.15) is 12.8 Å². The van der Waals surface area contributed by atoms with Crippen molar-refractivity contribution in [1.82, 2.24) is 15.2 Å². The smallest absolute Gasteiger partial charge is 0.410 e. The maximum absolute atomic E-state index is 12.1. The van der Waals surface area contributed by atoms with Crippen molar-refractivity contribution in [2.45, 2.75) is 12.8 Å². The molecule has 2 aliphatic heterocycles. The lowest BCUT2D eigenvalue weighted by atomic mass is 9.98. The topological polar surface area (TPSA) is 87.9 Å². The molecule has 8 nitrogen and oxygen atoms in total. The molecule has 0 spiro atoms. The van der Waals surface area contributed by atoms with E-state index in [0.29, 0.717) is 31.6 Å². The Hall–Kier alpha value is -2.77. The Bertz CT molecular complexity index is 772. The number of amides is 2. The number of hydrogen-bond donors (Lipinski definition) is 1. The summed E-state index contributed by atoms with van der Waals surface area (Å²) in [5.74, 6) is 0.177. The molecule has 1 aromatic heterocycles. The molecule has 2 saturated heterocycles. The fourth-order valence-corrected chi connectivity index (χ4v) is 3.46. The largest absolute Gasteiger partial charge is 0.448 e. The molecule has 2 aliphatic rings. The first-order valence-electron chi connectivity index (χ1n) is 8.98. The highest BCUT2D eigenvalue weighted by molar-refractivity contribution is 5.82. The molecule has 138 valence electrons. The van der Waals surface area contributed by atoms with Crippen molar-refractivity contribution in [3.63, 3.8) is 0 Å². The van der Waals surface area contributed by atoms with E-state index in [0.717, 1.165) is 37.0 Å². The molecule has 2 fully saturated rings. The normalized spacial score (nSPS) is 20.5. The van der Waals surface area contributed by atoms with E-state index in [2.05, 4.69) is 15.2 Å². The summed E-state index contributed by atoms with van der Waals surface area (Å²) >= 11 is 0. The quantitative estimate of drug-likeness (QED) is 0.874. The molecule has 2 aromatic rings. The molecule has 8 heteroatoms. The van der Waals surface area contributed by atoms with Gasteiger partial charge in [0.25, 0.3) is 6.01 Å². The van der Waals surface area contributed by atoms with Gasteiger partial charge in [-0.05, 0) is 30.9 Å². The fourth-order valence-electron chi connectivity index (χ4n) is 3.46. The third-order valence-electron chi connectivity index (χ3n) is 4.84. The fraction of sp³-hybridized carbons (Fsp3) is 0.500. The van der Waals surface area contributed by atoms with Crippen molar-refractivity contribution in [3.8, 4) is 0 Å². The summed E-state index contributed by atoms with van der Waals surface area (Å²) in [7, 11) is 0. The highest BCUT2D eigenvalue weighted by Crippen LogP contribution is 2.26. The molecule has 1 aromatic carbocycles. The summed E-state index contributed by atoms with van der Waals surface area (Å²) < 4.78 is 10.7. The predicted octanol–water partition coefficient (Wildman–Crippen LogP) is 1.61. The molecular formula is C18H22N4O4. The zero-order valence-electron chi connectivity index (χ0n) is 14.5. The number of cyclic esters (lactones) is 1. The maximum Gasteiger partial charge on any atom is 0.410 e. The van der Waals surface area contributed by atoms with Crippen LogP contribution < -0.4 is 10.2 Å². The van der Waals surface area contributed by atoms with Crippen LogP contribution in [0.2, 0.25) is 0 Å². The lowest BCUT2D eigenvalue weighted by Gasteiger charge is -2.31. The maximum atomic E-state index is 12.1. The van der Waals surface area contributed by atoms with E-state index in [1.54, 1.807) is 0 Å². The van der Waals surface area contributed by atoms with Crippen LogP contribution >= 0.6 is 0 Å². The third-order valence-corrected chi connectivity index (χ3v) is 4.84. The summed E-state index contributed by atoms with van der Waals surface area (Å²) in [6.45, 7) is 3.16. The van der Waals surface area contributed by atoms with E-state index in [9.17, 15) is 9.59 Å². The lowest BCUT2D eigenvalue weighted by Crippen LogP contribution is -2.43. The number of aromatic nitrogens is 1. The van der Waals surface area contributed by atoms with Crippen LogP contribution in [0.15, 0.2) is 28.7 Å². The summed E-state index contributed by atoms with van der Waals surface area (Å²) in [4.78, 5) is 31.6. The molecule has 4 rings (SSSR count). The Labute approximate surface area is 151 Å². The molecule has 0 radical (unpaired) electrons. The Kier molecular flexibility index (Phi) is 4.64. The number of anilines is 1. The van der Waals surface area contributed by atoms with Gasteiger partial charge in [-0.25, -0.2) is 4.79 Å². The number of ether oxygens (including phenoxy) is 1. The first-order chi connectivity index (χ1) is 12.7. The van der Waals surface area contributed by atoms with Gasteiger partial charge in [0.15, 0.2) is 5.58 Å². The van der Waals surface area contributed by atoms with Crippen LogP contribution in [0.5, 0.6) is 0 Å². The van der Waals surface area contributed by atoms with Gasteiger partial charge in [0.2, 0.25) is 5.91 Å². The van der Waals surface area contributed by atoms with E-state index in [1.165, 1.54) is 4.90 Å². The van der Waals surface area contributed by atoms with Gasteiger partial charge in [0, 0.05) is 19.6 Å². The molecule has 0 saturated carbocycles. The minimum absolute atomic E-state index is 0.0559. The minimum atomic E-state index is -0.417. The van der Waals surface area contributed by atoms with Crippen LogP contribution in [-0.4, -0.2) is 61.2 Å². The van der Waals surface area contributed by atoms with Gasteiger partial charge in [-0.2, -0.15) is 4.98 Å². The first-order valence-corrected chi connectivity index (χ1v) is 8.98. The Morgan fingerprint density at radius 1 is 1.31 bits per heavy atom. The van der Waals surface area contributed by atoms with Gasteiger partial charge in [-0.15, -0.1) is 0 Å². The van der Waals surface area contributed by atoms with E-state index in [-0.39, 0.29) is 12.5 Å². The van der Waals surface area contributed by atoms with Crippen LogP contribution in [0.3, 0.4) is 0 Å². The number of piperidine rings is 1. The van der Waals surface area contributed by atoms with Gasteiger partial charge in [-0.3, -0.25) is 9.69 Å². The third kappa shape index (κ3) is 3.58. The Balaban J connectivity index is 1.30. The monoisotopic (exact) mass is 358 g/mol. The molecular weight excluding hydrogens is 336 g/mol. The number of rotatable bonds is 5. The molecule has 2 amide bonds. The molecule has 0 aliphatic carbocycles. The molecule has 3 heterocycles. The number of nitrogens with one attached hydrogen (secondary N) is 1. The van der Waals surface area contributed by atoms with Gasteiger partial charge in [0.05, 0.1) is 6.54 Å². The number of para-hydroxylation sites is 2. The van der Waals surface area contributed by atoms with E-state index < -0.39 is 6.09 Å². The number of hydrogen-bond acceptors (Lipinski definition) is 6. The molecule has 0 bridgehead atoms. The van der Waals surface area contributed by atoms with Gasteiger partial charge in [0.1, 0.15) is 18.7 Å². The zero-order chi connectivity index (χ0) is 17.9. The standard InChI is InChI=1S/C18H22N4O4/c23-16(12-22-8-9-25-18(22)24)19-10-13-4-3-7-21(11-13)17-20-14-5-1-2-6-15(14)26-17/h1-2,5-6,13H,3-4,7-12H2,(H,19,23). The number of nitrogens with zero attached hydrogens (tertiary/aromatic N) is 3. The molecule has 1 N–H and O–H groups in total. The zero-order valence-corrected chi connectivity index (χ0v) is 14.5. The molecule has 1 unspecified atom stereocenters. The number of fused-ring (bicyclic) bond motifs is 1. The van der Waals surface area contributed by atoms with Crippen molar-refractivity contribution in [2.75, 3.05) is 44.2 Å². The number of benzene rings is 1. The average Bonchev–Trinajstić information content (AvgIpc) is 3.26. The second-order valence-electron chi connectivity index (χ2n) is 6.76. The van der Waals surface area contributed by atoms with Gasteiger partial charge < -0.3 is 19.4 Å². The molecule has 1 atom stereocenters. The molecule has 26 heavy (non-hydrogen) atoms. The highest BCUT2D eigenvalue weighted by Gasteiger charge is 2.26. The highest BCUT2D eigenvalue weighted by atomic mass is 16.6. The van der Waals surface area contributed by atoms with E-state index in [4.69, 9.17) is 9.15 Å². The van der Waals surface area contributed by atoms with E-state index >= 15 is 0 Å². The minimum Gasteiger partial charge on any atom is -0.448 e. The van der Waals surface area contributed by atoms with Gasteiger partial charge in [-0.1, -0.05) is 12.1 Å². The van der Waals surface area contributed by atoms with Crippen molar-refractivity contribution in [1.29, 1.82) is 0 Å². The van der Waals surface area contributed by atoms with Crippen molar-refractivity contribution < 1.29 is 18.7 Å². The van der Waals surface area contributed by atoms with Crippen molar-refractivity contribution in [3.05, 3.63) is 24.3 Å². The first kappa shape index (κ1) is 16.7. The van der Waals surface area contributed by atoms with Crippen LogP contribution in [0.4, 0.5) is 10.8 Å².